The summed E-state index contributed by atoms with van der Waals surface area (Å²) in [5, 5.41) is 23.6. The molecule has 17 heteroatoms. The summed E-state index contributed by atoms with van der Waals surface area (Å²) < 4.78 is 38.0. The van der Waals surface area contributed by atoms with Crippen molar-refractivity contribution in [2.75, 3.05) is 31.3 Å². The second-order valence-corrected chi connectivity index (χ2v) is 14.9. The molecule has 3 rings (SSSR count). The Morgan fingerprint density at radius 1 is 1.24 bits per heavy atom. The first-order chi connectivity index (χ1) is 21.5. The first-order valence-corrected chi connectivity index (χ1v) is 17.2. The van der Waals surface area contributed by atoms with E-state index < -0.39 is 61.5 Å². The number of nitrogens with one attached hydrogen (secondary N) is 1. The molecule has 1 saturated heterocycles. The van der Waals surface area contributed by atoms with Crippen molar-refractivity contribution in [2.24, 2.45) is 17.1 Å². The van der Waals surface area contributed by atoms with Crippen molar-refractivity contribution in [2.45, 2.75) is 71.2 Å². The van der Waals surface area contributed by atoms with Crippen molar-refractivity contribution in [1.82, 2.24) is 14.6 Å². The van der Waals surface area contributed by atoms with Crippen LogP contribution in [0.5, 0.6) is 0 Å². The smallest absolute Gasteiger partial charge is 0.405 e. The summed E-state index contributed by atoms with van der Waals surface area (Å²) in [6, 6.07) is 9.34. The average Bonchev–Trinajstić information content (AvgIpc) is 3.25. The molecule has 256 valence electrons. The van der Waals surface area contributed by atoms with E-state index in [1.165, 1.54) is 19.2 Å². The Kier molecular flexibility index (Phi) is 13.1. The molecule has 0 bridgehead atoms. The number of carbonyl (C=O) groups is 2. The Bertz CT molecular complexity index is 1440. The van der Waals surface area contributed by atoms with Gasteiger partial charge in [-0.1, -0.05) is 55.9 Å². The van der Waals surface area contributed by atoms with Crippen molar-refractivity contribution < 1.29 is 42.9 Å². The number of carbonyl (C=O) groups excluding carboxylic acids is 2. The molecule has 0 spiro atoms. The maximum absolute atomic E-state index is 14.0. The maximum Gasteiger partial charge on any atom is 0.405 e. The maximum atomic E-state index is 14.0. The number of aliphatic hydroxyl groups is 2. The van der Waals surface area contributed by atoms with Crippen LogP contribution in [0.15, 0.2) is 47.4 Å². The normalized spacial score (nSPS) is 23.6. The number of thioether (sulfide) groups is 1. The van der Waals surface area contributed by atoms with Crippen molar-refractivity contribution in [1.29, 1.82) is 0 Å². The molecule has 15 nitrogen and oxygen atoms in total. The molecule has 1 aromatic carbocycles. The standard InChI is InChI=1S/C29H44N5O10PS/c1-18(2)22(31)24(36)44-23-20(43-25(29(23,5)39)34-12-11-21(30)33-27(34)38)16-42-45(40,32-15-19-9-7-6-8-10-19)41-13-14-46-26(37)28(3,4)17-35/h6-12,18,20,22-23,25,35,39H,13-17,31H2,1-5H3,(H,32,40)(H2,30,33,38)/t20?,22?,23?,25-,29-,45?/m1/s1. The Labute approximate surface area is 271 Å². The summed E-state index contributed by atoms with van der Waals surface area (Å²) in [4.78, 5) is 41.7. The Hall–Kier alpha value is -2.66. The quantitative estimate of drug-likeness (QED) is 0.0960. The molecule has 1 fully saturated rings. The third-order valence-corrected chi connectivity index (χ3v) is 10.1. The van der Waals surface area contributed by atoms with Gasteiger partial charge in [-0.25, -0.2) is 14.4 Å². The lowest BCUT2D eigenvalue weighted by Gasteiger charge is -2.31. The minimum absolute atomic E-state index is 0.0491. The van der Waals surface area contributed by atoms with Gasteiger partial charge in [-0.15, -0.1) is 0 Å². The number of nitrogens with zero attached hydrogens (tertiary/aromatic N) is 2. The lowest BCUT2D eigenvalue weighted by atomic mass is 9.95. The zero-order valence-corrected chi connectivity index (χ0v) is 28.2. The number of rotatable bonds is 16. The lowest BCUT2D eigenvalue weighted by molar-refractivity contribution is -0.166. The number of nitrogens with two attached hydrogens (primary N) is 2. The first-order valence-electron chi connectivity index (χ1n) is 14.7. The van der Waals surface area contributed by atoms with Crippen LogP contribution < -0.4 is 22.2 Å². The van der Waals surface area contributed by atoms with Gasteiger partial charge in [-0.3, -0.25) is 23.2 Å². The predicted octanol–water partition coefficient (Wildman–Crippen LogP) is 1.58. The number of nitrogen functional groups attached to an aromatic ring is 1. The van der Waals surface area contributed by atoms with Gasteiger partial charge in [0.15, 0.2) is 17.4 Å². The second-order valence-electron chi connectivity index (χ2n) is 12.0. The average molecular weight is 686 g/mol. The highest BCUT2D eigenvalue weighted by Crippen LogP contribution is 2.47. The Balaban J connectivity index is 1.84. The van der Waals surface area contributed by atoms with E-state index in [1.807, 2.05) is 6.07 Å². The zero-order chi connectivity index (χ0) is 34.3. The van der Waals surface area contributed by atoms with Crippen LogP contribution in [0.4, 0.5) is 5.82 Å². The van der Waals surface area contributed by atoms with E-state index in [9.17, 15) is 29.2 Å². The third kappa shape index (κ3) is 9.69. The molecule has 0 amide bonds. The highest BCUT2D eigenvalue weighted by Gasteiger charge is 2.57. The molecule has 0 radical (unpaired) electrons. The molecule has 0 saturated carbocycles. The topological polar surface area (TPSA) is 228 Å². The summed E-state index contributed by atoms with van der Waals surface area (Å²) >= 11 is 0.916. The van der Waals surface area contributed by atoms with Gasteiger partial charge in [0.2, 0.25) is 0 Å². The van der Waals surface area contributed by atoms with Gasteiger partial charge < -0.3 is 31.2 Å². The molecule has 1 aromatic heterocycles. The molecule has 1 aliphatic rings. The second kappa shape index (κ2) is 16.0. The van der Waals surface area contributed by atoms with Crippen LogP contribution in [0, 0.1) is 11.3 Å². The molecule has 6 atom stereocenters. The van der Waals surface area contributed by atoms with Gasteiger partial charge in [-0.2, -0.15) is 4.98 Å². The number of hydrogen-bond donors (Lipinski definition) is 5. The minimum atomic E-state index is -4.14. The highest BCUT2D eigenvalue weighted by atomic mass is 32.2. The highest BCUT2D eigenvalue weighted by molar-refractivity contribution is 8.13. The van der Waals surface area contributed by atoms with E-state index in [4.69, 9.17) is 30.0 Å². The van der Waals surface area contributed by atoms with E-state index in [-0.39, 0.29) is 42.4 Å². The number of ether oxygens (including phenoxy) is 2. The Morgan fingerprint density at radius 3 is 2.52 bits per heavy atom. The van der Waals surface area contributed by atoms with Crippen molar-refractivity contribution in [3.8, 4) is 0 Å². The summed E-state index contributed by atoms with van der Waals surface area (Å²) in [5.74, 6) is -1.06. The zero-order valence-electron chi connectivity index (χ0n) is 26.5. The van der Waals surface area contributed by atoms with Crippen LogP contribution >= 0.6 is 19.5 Å². The third-order valence-electron chi connectivity index (χ3n) is 7.31. The SMILES string of the molecule is CC(C)C(N)C(=O)OC1C(COP(=O)(NCc2ccccc2)OCCSC(=O)C(C)(C)CO)O[C@@H](n2ccc(N)nc2=O)[C@]1(C)O. The fourth-order valence-electron chi connectivity index (χ4n) is 4.28. The number of benzene rings is 1. The van der Waals surface area contributed by atoms with Gasteiger partial charge in [-0.05, 0) is 38.3 Å². The molecule has 46 heavy (non-hydrogen) atoms. The van der Waals surface area contributed by atoms with Crippen molar-refractivity contribution >= 4 is 36.4 Å². The van der Waals surface area contributed by atoms with E-state index in [1.54, 1.807) is 52.0 Å². The van der Waals surface area contributed by atoms with E-state index >= 15 is 0 Å². The summed E-state index contributed by atoms with van der Waals surface area (Å²) in [6.07, 6.45) is -2.83. The molecule has 4 unspecified atom stereocenters. The predicted molar refractivity (Wildman–Crippen MR) is 171 cm³/mol. The molecular weight excluding hydrogens is 641 g/mol. The van der Waals surface area contributed by atoms with Crippen LogP contribution in [0.2, 0.25) is 0 Å². The summed E-state index contributed by atoms with van der Waals surface area (Å²) in [5.41, 5.74) is 8.59. The van der Waals surface area contributed by atoms with Gasteiger partial charge >= 0.3 is 19.4 Å². The van der Waals surface area contributed by atoms with Crippen LogP contribution in [0.1, 0.15) is 46.4 Å². The number of aliphatic hydroxyl groups excluding tert-OH is 1. The van der Waals surface area contributed by atoms with Crippen LogP contribution in [0.25, 0.3) is 0 Å². The molecule has 2 heterocycles. The largest absolute Gasteiger partial charge is 0.455 e. The van der Waals surface area contributed by atoms with E-state index in [0.717, 1.165) is 21.9 Å². The van der Waals surface area contributed by atoms with Gasteiger partial charge in [0.1, 0.15) is 23.6 Å². The van der Waals surface area contributed by atoms with Gasteiger partial charge in [0, 0.05) is 18.5 Å². The van der Waals surface area contributed by atoms with Crippen LogP contribution in [-0.4, -0.2) is 80.3 Å². The van der Waals surface area contributed by atoms with Crippen LogP contribution in [-0.2, 0) is 39.2 Å². The van der Waals surface area contributed by atoms with Crippen molar-refractivity contribution in [3.63, 3.8) is 0 Å². The van der Waals surface area contributed by atoms with Crippen molar-refractivity contribution in [3.05, 3.63) is 58.6 Å². The van der Waals surface area contributed by atoms with E-state index in [2.05, 4.69) is 10.1 Å². The number of hydrogen-bond acceptors (Lipinski definition) is 14. The molecule has 7 N–H and O–H groups in total. The van der Waals surface area contributed by atoms with Gasteiger partial charge in [0.05, 0.1) is 25.2 Å². The number of aromatic nitrogens is 2. The lowest BCUT2D eigenvalue weighted by Crippen LogP contribution is -2.51. The molecule has 0 aliphatic carbocycles. The molecule has 1 aliphatic heterocycles. The number of esters is 1. The monoisotopic (exact) mass is 685 g/mol. The molecule has 2 aromatic rings. The van der Waals surface area contributed by atoms with E-state index in [0.29, 0.717) is 0 Å². The minimum Gasteiger partial charge on any atom is -0.455 e. The molecular formula is C29H44N5O10PS. The Morgan fingerprint density at radius 2 is 1.91 bits per heavy atom. The number of anilines is 1. The summed E-state index contributed by atoms with van der Waals surface area (Å²) in [6.45, 7) is 7.02. The first kappa shape index (κ1) is 37.8. The summed E-state index contributed by atoms with van der Waals surface area (Å²) in [7, 11) is -4.14. The fraction of sp³-hybridized carbons (Fsp3) is 0.586. The van der Waals surface area contributed by atoms with Gasteiger partial charge in [0.25, 0.3) is 0 Å². The fourth-order valence-corrected chi connectivity index (χ4v) is 6.52. The van der Waals surface area contributed by atoms with Crippen LogP contribution in [0.3, 0.4) is 0 Å².